The highest BCUT2D eigenvalue weighted by atomic mass is 14.6. The molecule has 5 aliphatic rings. The first-order chi connectivity index (χ1) is 16.3. The van der Waals surface area contributed by atoms with Crippen molar-refractivity contribution in [2.75, 3.05) is 0 Å². The number of aryl methyl sites for hydroxylation is 1. The number of benzene rings is 2. The number of allylic oxidation sites excluding steroid dienone is 4. The minimum absolute atomic E-state index is 0.614. The van der Waals surface area contributed by atoms with E-state index in [2.05, 4.69) is 61.5 Å². The molecule has 0 amide bonds. The van der Waals surface area contributed by atoms with E-state index in [1.54, 1.807) is 5.56 Å². The fraction of sp³-hybridized carbons (Fsp3) is 0.576. The van der Waals surface area contributed by atoms with Gasteiger partial charge in [0.05, 0.1) is 0 Å². The number of rotatable bonds is 1. The van der Waals surface area contributed by atoms with E-state index in [0.29, 0.717) is 5.92 Å². The van der Waals surface area contributed by atoms with Gasteiger partial charge in [-0.15, -0.1) is 0 Å². The Bertz CT molecular complexity index is 1100. The third kappa shape index (κ3) is 3.23. The maximum atomic E-state index is 2.74. The third-order valence-corrected chi connectivity index (χ3v) is 11.0. The van der Waals surface area contributed by atoms with Crippen LogP contribution in [0.1, 0.15) is 81.3 Å². The smallest absolute Gasteiger partial charge is 0.00579 e. The van der Waals surface area contributed by atoms with E-state index in [1.807, 2.05) is 5.57 Å². The maximum absolute atomic E-state index is 2.74. The highest BCUT2D eigenvalue weighted by molar-refractivity contribution is 5.89. The Kier molecular flexibility index (Phi) is 5.07. The van der Waals surface area contributed by atoms with Crippen molar-refractivity contribution in [2.45, 2.75) is 77.0 Å². The molecule has 0 heteroatoms. The lowest BCUT2D eigenvalue weighted by molar-refractivity contribution is -0.0361. The van der Waals surface area contributed by atoms with Crippen LogP contribution in [0.25, 0.3) is 10.8 Å². The zero-order valence-corrected chi connectivity index (χ0v) is 20.4. The molecule has 0 radical (unpaired) electrons. The maximum Gasteiger partial charge on any atom is 0.00579 e. The Hall–Kier alpha value is -1.82. The molecule has 0 saturated heterocycles. The van der Waals surface area contributed by atoms with Gasteiger partial charge in [0, 0.05) is 5.92 Å². The minimum Gasteiger partial charge on any atom is -0.0876 e. The van der Waals surface area contributed by atoms with Gasteiger partial charge in [0.25, 0.3) is 0 Å². The van der Waals surface area contributed by atoms with Crippen LogP contribution >= 0.6 is 0 Å². The van der Waals surface area contributed by atoms with E-state index in [9.17, 15) is 0 Å². The summed E-state index contributed by atoms with van der Waals surface area (Å²) in [5.74, 6) is 7.26. The van der Waals surface area contributed by atoms with Crippen LogP contribution in [0.15, 0.2) is 60.2 Å². The second-order valence-electron chi connectivity index (χ2n) is 12.2. The molecule has 7 rings (SSSR count). The average molecular weight is 437 g/mol. The summed E-state index contributed by atoms with van der Waals surface area (Å²) in [7, 11) is 0. The van der Waals surface area contributed by atoms with Crippen molar-refractivity contribution in [2.24, 2.45) is 41.4 Å². The van der Waals surface area contributed by atoms with Crippen molar-refractivity contribution in [3.63, 3.8) is 0 Å². The molecule has 2 aromatic carbocycles. The predicted octanol–water partition coefficient (Wildman–Crippen LogP) is 9.00. The lowest BCUT2D eigenvalue weighted by Gasteiger charge is -2.57. The monoisotopic (exact) mass is 436 g/mol. The summed E-state index contributed by atoms with van der Waals surface area (Å²) in [5.41, 5.74) is 4.91. The summed E-state index contributed by atoms with van der Waals surface area (Å²) in [6, 6.07) is 14.1. The van der Waals surface area contributed by atoms with Gasteiger partial charge in [-0.3, -0.25) is 0 Å². The Balaban J connectivity index is 1.25. The van der Waals surface area contributed by atoms with E-state index in [-0.39, 0.29) is 0 Å². The summed E-state index contributed by atoms with van der Waals surface area (Å²) in [4.78, 5) is 0. The molecule has 0 bridgehead atoms. The van der Waals surface area contributed by atoms with Crippen LogP contribution < -0.4 is 0 Å². The quantitative estimate of drug-likeness (QED) is 0.391. The molecule has 0 spiro atoms. The molecular weight excluding hydrogens is 396 g/mol. The molecule has 5 aliphatic carbocycles. The molecular formula is C33H40. The fourth-order valence-electron chi connectivity index (χ4n) is 9.68. The second kappa shape index (κ2) is 8.14. The number of fused-ring (bicyclic) bond motifs is 8. The molecule has 0 N–H and O–H groups in total. The van der Waals surface area contributed by atoms with Crippen LogP contribution in [0.4, 0.5) is 0 Å². The first-order valence-electron chi connectivity index (χ1n) is 14.1. The third-order valence-electron chi connectivity index (χ3n) is 11.0. The van der Waals surface area contributed by atoms with Crippen LogP contribution in [0.2, 0.25) is 0 Å². The van der Waals surface area contributed by atoms with Crippen molar-refractivity contribution in [3.8, 4) is 0 Å². The molecule has 2 aromatic rings. The van der Waals surface area contributed by atoms with Gasteiger partial charge in [0.15, 0.2) is 0 Å². The van der Waals surface area contributed by atoms with Gasteiger partial charge in [0.2, 0.25) is 0 Å². The first-order valence-corrected chi connectivity index (χ1v) is 14.1. The van der Waals surface area contributed by atoms with Gasteiger partial charge in [-0.2, -0.15) is 0 Å². The van der Waals surface area contributed by atoms with Crippen molar-refractivity contribution in [3.05, 3.63) is 71.3 Å². The fourth-order valence-corrected chi connectivity index (χ4v) is 9.68. The van der Waals surface area contributed by atoms with E-state index in [1.165, 1.54) is 80.5 Å². The van der Waals surface area contributed by atoms with Crippen LogP contribution in [0.5, 0.6) is 0 Å². The van der Waals surface area contributed by atoms with Gasteiger partial charge in [0.1, 0.15) is 0 Å². The van der Waals surface area contributed by atoms with Crippen LogP contribution in [-0.4, -0.2) is 0 Å². The normalized spacial score (nSPS) is 39.7. The second-order valence-corrected chi connectivity index (χ2v) is 12.2. The Labute approximate surface area is 200 Å². The van der Waals surface area contributed by atoms with Crippen molar-refractivity contribution in [1.82, 2.24) is 0 Å². The summed E-state index contributed by atoms with van der Waals surface area (Å²) in [6.07, 6.45) is 22.5. The highest BCUT2D eigenvalue weighted by Crippen LogP contribution is 2.61. The van der Waals surface area contributed by atoms with Gasteiger partial charge >= 0.3 is 0 Å². The Morgan fingerprint density at radius 1 is 0.727 bits per heavy atom. The minimum atomic E-state index is 0.614. The SMILES string of the molecule is Cc1ccc(C2C=CCC3CCC4C5CC=C6CCCCC6C5CCC4C32)c2ccccc12. The Morgan fingerprint density at radius 3 is 2.52 bits per heavy atom. The Morgan fingerprint density at radius 2 is 1.58 bits per heavy atom. The van der Waals surface area contributed by atoms with Crippen molar-refractivity contribution >= 4 is 10.8 Å². The van der Waals surface area contributed by atoms with E-state index in [4.69, 9.17) is 0 Å². The van der Waals surface area contributed by atoms with Gasteiger partial charge in [-0.25, -0.2) is 0 Å². The lowest BCUT2D eigenvalue weighted by Crippen LogP contribution is -2.48. The van der Waals surface area contributed by atoms with Gasteiger partial charge in [-0.05, 0) is 128 Å². The zero-order chi connectivity index (χ0) is 21.9. The summed E-state index contributed by atoms with van der Waals surface area (Å²) in [6.45, 7) is 2.28. The molecule has 0 aliphatic heterocycles. The van der Waals surface area contributed by atoms with Crippen molar-refractivity contribution < 1.29 is 0 Å². The molecule has 3 fully saturated rings. The molecule has 8 unspecified atom stereocenters. The van der Waals surface area contributed by atoms with Crippen molar-refractivity contribution in [1.29, 1.82) is 0 Å². The van der Waals surface area contributed by atoms with Crippen LogP contribution in [-0.2, 0) is 0 Å². The topological polar surface area (TPSA) is 0 Å². The molecule has 172 valence electrons. The lowest BCUT2D eigenvalue weighted by atomic mass is 9.48. The van der Waals surface area contributed by atoms with Gasteiger partial charge < -0.3 is 0 Å². The van der Waals surface area contributed by atoms with E-state index < -0.39 is 0 Å². The molecule has 0 heterocycles. The summed E-state index contributed by atoms with van der Waals surface area (Å²) < 4.78 is 0. The highest BCUT2D eigenvalue weighted by Gasteiger charge is 2.51. The molecule has 3 saturated carbocycles. The average Bonchev–Trinajstić information content (AvgIpc) is 2.88. The molecule has 8 atom stereocenters. The molecule has 33 heavy (non-hydrogen) atoms. The molecule has 0 nitrogen and oxygen atoms in total. The van der Waals surface area contributed by atoms with Crippen LogP contribution in [0.3, 0.4) is 0 Å². The van der Waals surface area contributed by atoms with Gasteiger partial charge in [-0.1, -0.05) is 66.6 Å². The van der Waals surface area contributed by atoms with E-state index in [0.717, 1.165) is 41.4 Å². The van der Waals surface area contributed by atoms with Crippen LogP contribution in [0, 0.1) is 48.3 Å². The summed E-state index contributed by atoms with van der Waals surface area (Å²) in [5, 5.41) is 2.97. The predicted molar refractivity (Wildman–Crippen MR) is 139 cm³/mol. The number of hydrogen-bond acceptors (Lipinski definition) is 0. The first kappa shape index (κ1) is 20.5. The number of hydrogen-bond donors (Lipinski definition) is 0. The molecule has 0 aromatic heterocycles. The summed E-state index contributed by atoms with van der Waals surface area (Å²) >= 11 is 0. The zero-order valence-electron chi connectivity index (χ0n) is 20.4. The largest absolute Gasteiger partial charge is 0.0876 e. The van der Waals surface area contributed by atoms with E-state index >= 15 is 0 Å². The standard InChI is InChI=1S/C33H40/c1-21-13-16-29(26-11-5-4-9-24(21)26)31-12-6-8-23-15-18-30-28-17-14-22-7-2-3-10-25(22)27(28)19-20-32(30)33(23)31/h4-6,9,11-14,16,23,25,27-28,30-33H,2-3,7-8,10,15,17-20H2,1H3.